The molecule has 0 bridgehead atoms. The van der Waals surface area contributed by atoms with Gasteiger partial charge in [0.15, 0.2) is 11.5 Å². The van der Waals surface area contributed by atoms with Crippen molar-refractivity contribution in [2.45, 2.75) is 20.3 Å². The van der Waals surface area contributed by atoms with Crippen molar-refractivity contribution in [3.05, 3.63) is 29.6 Å². The van der Waals surface area contributed by atoms with E-state index < -0.39 is 0 Å². The second-order valence-corrected chi connectivity index (χ2v) is 4.64. The second-order valence-electron chi connectivity index (χ2n) is 4.64. The van der Waals surface area contributed by atoms with Gasteiger partial charge >= 0.3 is 0 Å². The van der Waals surface area contributed by atoms with Crippen LogP contribution in [0.15, 0.2) is 18.2 Å². The third-order valence-corrected chi connectivity index (χ3v) is 3.26. The van der Waals surface area contributed by atoms with E-state index in [-0.39, 0.29) is 6.79 Å². The Morgan fingerprint density at radius 1 is 1.24 bits per heavy atom. The van der Waals surface area contributed by atoms with Crippen LogP contribution < -0.4 is 19.5 Å². The van der Waals surface area contributed by atoms with Gasteiger partial charge < -0.3 is 19.5 Å². The minimum atomic E-state index is 0.245. The smallest absolute Gasteiger partial charge is 0.231 e. The van der Waals surface area contributed by atoms with Gasteiger partial charge in [-0.05, 0) is 19.1 Å². The monoisotopic (exact) mass is 287 g/mol. The predicted molar refractivity (Wildman–Crippen MR) is 78.3 cm³/mol. The average Bonchev–Trinajstić information content (AvgIpc) is 2.97. The number of fused-ring (bicyclic) bond motifs is 1. The summed E-state index contributed by atoms with van der Waals surface area (Å²) in [6, 6.07) is 5.46. The Balaban J connectivity index is 1.94. The Hall–Kier alpha value is -2.50. The van der Waals surface area contributed by atoms with Gasteiger partial charge in [0, 0.05) is 19.5 Å². The molecule has 6 heteroatoms. The zero-order valence-corrected chi connectivity index (χ0v) is 12.3. The number of aromatic nitrogens is 2. The highest BCUT2D eigenvalue weighted by Gasteiger charge is 2.16. The van der Waals surface area contributed by atoms with Gasteiger partial charge in [0.2, 0.25) is 12.7 Å². The summed E-state index contributed by atoms with van der Waals surface area (Å²) in [6.07, 6.45) is 0.743. The minimum absolute atomic E-state index is 0.245. The first-order valence-electron chi connectivity index (χ1n) is 6.84. The first-order valence-corrected chi connectivity index (χ1v) is 6.84. The molecule has 0 saturated heterocycles. The number of nitrogens with one attached hydrogen (secondary N) is 1. The van der Waals surface area contributed by atoms with Gasteiger partial charge in [-0.1, -0.05) is 6.92 Å². The maximum atomic E-state index is 5.89. The third-order valence-electron chi connectivity index (χ3n) is 3.26. The Kier molecular flexibility index (Phi) is 3.51. The topological polar surface area (TPSA) is 65.5 Å². The van der Waals surface area contributed by atoms with Crippen molar-refractivity contribution in [3.63, 3.8) is 0 Å². The van der Waals surface area contributed by atoms with E-state index in [4.69, 9.17) is 14.2 Å². The molecule has 1 aliphatic rings. The molecule has 0 spiro atoms. The Morgan fingerprint density at radius 3 is 2.81 bits per heavy atom. The van der Waals surface area contributed by atoms with Crippen LogP contribution in [0, 0.1) is 6.92 Å². The molecule has 21 heavy (non-hydrogen) atoms. The number of anilines is 1. The maximum Gasteiger partial charge on any atom is 0.231 e. The highest BCUT2D eigenvalue weighted by atomic mass is 16.7. The van der Waals surface area contributed by atoms with Gasteiger partial charge in [-0.2, -0.15) is 4.98 Å². The zero-order chi connectivity index (χ0) is 14.8. The summed E-state index contributed by atoms with van der Waals surface area (Å²) in [5, 5.41) is 3.06. The summed E-state index contributed by atoms with van der Waals surface area (Å²) >= 11 is 0. The number of nitrogens with zero attached hydrogens (tertiary/aromatic N) is 2. The molecule has 0 fully saturated rings. The standard InChI is InChI=1S/C15H17N3O3/c1-4-13-17-14(16-3)9(2)15(18-13)21-10-5-6-11-12(7-10)20-8-19-11/h5-7H,4,8H2,1-3H3,(H,16,17,18). The molecule has 0 amide bonds. The molecule has 3 rings (SSSR count). The normalized spacial score (nSPS) is 12.3. The molecule has 2 heterocycles. The van der Waals surface area contributed by atoms with Crippen LogP contribution in [-0.4, -0.2) is 23.8 Å². The number of rotatable bonds is 4. The van der Waals surface area contributed by atoms with E-state index in [1.807, 2.05) is 33.0 Å². The largest absolute Gasteiger partial charge is 0.454 e. The van der Waals surface area contributed by atoms with Crippen LogP contribution in [0.25, 0.3) is 0 Å². The first kappa shape index (κ1) is 13.5. The summed E-state index contributed by atoms with van der Waals surface area (Å²) in [4.78, 5) is 8.87. The second kappa shape index (κ2) is 5.47. The summed E-state index contributed by atoms with van der Waals surface area (Å²) in [6.45, 7) is 4.18. The fraction of sp³-hybridized carbons (Fsp3) is 0.333. The SMILES string of the molecule is CCc1nc(NC)c(C)c(Oc2ccc3c(c2)OCO3)n1. The number of aryl methyl sites for hydroxylation is 1. The van der Waals surface area contributed by atoms with Crippen molar-refractivity contribution in [2.24, 2.45) is 0 Å². The third kappa shape index (κ3) is 2.56. The predicted octanol–water partition coefficient (Wildman–Crippen LogP) is 2.91. The lowest BCUT2D eigenvalue weighted by Crippen LogP contribution is -2.04. The number of hydrogen-bond acceptors (Lipinski definition) is 6. The van der Waals surface area contributed by atoms with E-state index in [1.165, 1.54) is 0 Å². The van der Waals surface area contributed by atoms with Crippen molar-refractivity contribution >= 4 is 5.82 Å². The summed E-state index contributed by atoms with van der Waals surface area (Å²) in [7, 11) is 1.83. The summed E-state index contributed by atoms with van der Waals surface area (Å²) in [5.41, 5.74) is 0.868. The van der Waals surface area contributed by atoms with Crippen LogP contribution in [0.4, 0.5) is 5.82 Å². The molecule has 0 atom stereocenters. The van der Waals surface area contributed by atoms with Gasteiger partial charge in [0.05, 0.1) is 5.56 Å². The molecule has 0 aliphatic carbocycles. The van der Waals surface area contributed by atoms with Crippen LogP contribution in [0.2, 0.25) is 0 Å². The lowest BCUT2D eigenvalue weighted by Gasteiger charge is -2.12. The molecule has 1 aliphatic heterocycles. The van der Waals surface area contributed by atoms with Crippen molar-refractivity contribution in [2.75, 3.05) is 19.2 Å². The minimum Gasteiger partial charge on any atom is -0.454 e. The molecule has 0 saturated carbocycles. The van der Waals surface area contributed by atoms with E-state index in [2.05, 4.69) is 15.3 Å². The fourth-order valence-electron chi connectivity index (χ4n) is 2.09. The molecule has 6 nitrogen and oxygen atoms in total. The van der Waals surface area contributed by atoms with Crippen molar-refractivity contribution in [1.29, 1.82) is 0 Å². The van der Waals surface area contributed by atoms with Crippen LogP contribution in [0.3, 0.4) is 0 Å². The molecular formula is C15H17N3O3. The number of hydrogen-bond donors (Lipinski definition) is 1. The van der Waals surface area contributed by atoms with Gasteiger partial charge in [-0.15, -0.1) is 0 Å². The number of benzene rings is 1. The van der Waals surface area contributed by atoms with Crippen molar-refractivity contribution in [3.8, 4) is 23.1 Å². The zero-order valence-electron chi connectivity index (χ0n) is 12.3. The van der Waals surface area contributed by atoms with E-state index >= 15 is 0 Å². The van der Waals surface area contributed by atoms with Crippen LogP contribution in [0.1, 0.15) is 18.3 Å². The van der Waals surface area contributed by atoms with E-state index in [1.54, 1.807) is 6.07 Å². The Labute approximate surface area is 123 Å². The van der Waals surface area contributed by atoms with Gasteiger partial charge in [0.25, 0.3) is 0 Å². The lowest BCUT2D eigenvalue weighted by atomic mass is 10.3. The highest BCUT2D eigenvalue weighted by molar-refractivity contribution is 5.51. The van der Waals surface area contributed by atoms with Crippen molar-refractivity contribution in [1.82, 2.24) is 9.97 Å². The highest BCUT2D eigenvalue weighted by Crippen LogP contribution is 2.37. The van der Waals surface area contributed by atoms with Crippen LogP contribution in [0.5, 0.6) is 23.1 Å². The molecule has 1 aromatic heterocycles. The number of ether oxygens (including phenoxy) is 3. The first-order chi connectivity index (χ1) is 10.2. The van der Waals surface area contributed by atoms with E-state index in [0.29, 0.717) is 17.4 Å². The van der Waals surface area contributed by atoms with E-state index in [0.717, 1.165) is 29.4 Å². The Bertz CT molecular complexity index is 673. The van der Waals surface area contributed by atoms with Gasteiger partial charge in [-0.3, -0.25) is 0 Å². The van der Waals surface area contributed by atoms with Crippen LogP contribution in [-0.2, 0) is 6.42 Å². The molecule has 0 unspecified atom stereocenters. The lowest BCUT2D eigenvalue weighted by molar-refractivity contribution is 0.174. The summed E-state index contributed by atoms with van der Waals surface area (Å²) < 4.78 is 16.5. The molecule has 110 valence electrons. The quantitative estimate of drug-likeness (QED) is 0.932. The average molecular weight is 287 g/mol. The fourth-order valence-corrected chi connectivity index (χ4v) is 2.09. The molecule has 2 aromatic rings. The molecule has 1 aromatic carbocycles. The van der Waals surface area contributed by atoms with Crippen LogP contribution >= 0.6 is 0 Å². The van der Waals surface area contributed by atoms with Gasteiger partial charge in [-0.25, -0.2) is 4.98 Å². The summed E-state index contributed by atoms with van der Waals surface area (Å²) in [5.74, 6) is 4.13. The molecular weight excluding hydrogens is 270 g/mol. The van der Waals surface area contributed by atoms with Crippen molar-refractivity contribution < 1.29 is 14.2 Å². The Morgan fingerprint density at radius 2 is 2.05 bits per heavy atom. The van der Waals surface area contributed by atoms with E-state index in [9.17, 15) is 0 Å². The van der Waals surface area contributed by atoms with Gasteiger partial charge in [0.1, 0.15) is 17.4 Å². The molecule has 0 radical (unpaired) electrons. The molecule has 1 N–H and O–H groups in total. The maximum absolute atomic E-state index is 5.89.